The van der Waals surface area contributed by atoms with Crippen LogP contribution < -0.4 is 5.73 Å². The summed E-state index contributed by atoms with van der Waals surface area (Å²) in [6.07, 6.45) is 0. The minimum absolute atomic E-state index is 0.569. The number of nitrogens with two attached hydrogens (primary N) is 1. The Morgan fingerprint density at radius 2 is 2.00 bits per heavy atom. The quantitative estimate of drug-likeness (QED) is 0.715. The fourth-order valence-corrected chi connectivity index (χ4v) is 1.40. The molecule has 0 aromatic heterocycles. The molecule has 1 aromatic rings. The lowest BCUT2D eigenvalue weighted by Crippen LogP contribution is -2.23. The lowest BCUT2D eigenvalue weighted by atomic mass is 10.2. The Hall–Kier alpha value is -1.12. The van der Waals surface area contributed by atoms with Gasteiger partial charge in [0.25, 0.3) is 0 Å². The fraction of sp³-hybridized carbons (Fsp3) is 0.333. The summed E-state index contributed by atoms with van der Waals surface area (Å²) in [5.41, 5.74) is 7.88. The SMILES string of the molecule is C=C(CN)CN(C)Cc1ccccc1. The zero-order chi connectivity index (χ0) is 10.4. The summed E-state index contributed by atoms with van der Waals surface area (Å²) in [4.78, 5) is 2.21. The molecular weight excluding hydrogens is 172 g/mol. The van der Waals surface area contributed by atoms with Crippen LogP contribution in [0.25, 0.3) is 0 Å². The Bertz CT molecular complexity index is 280. The van der Waals surface area contributed by atoms with Crippen molar-refractivity contribution in [3.63, 3.8) is 0 Å². The molecule has 1 rings (SSSR count). The Morgan fingerprint density at radius 3 is 2.57 bits per heavy atom. The highest BCUT2D eigenvalue weighted by Gasteiger charge is 2.00. The second-order valence-corrected chi connectivity index (χ2v) is 3.61. The summed E-state index contributed by atoms with van der Waals surface area (Å²) in [7, 11) is 2.08. The molecule has 0 heterocycles. The van der Waals surface area contributed by atoms with Crippen LogP contribution in [-0.2, 0) is 6.54 Å². The Balaban J connectivity index is 2.41. The van der Waals surface area contributed by atoms with E-state index in [4.69, 9.17) is 5.73 Å². The normalized spacial score (nSPS) is 10.5. The molecule has 0 saturated carbocycles. The molecule has 0 bridgehead atoms. The molecule has 0 fully saturated rings. The zero-order valence-electron chi connectivity index (χ0n) is 8.74. The van der Waals surface area contributed by atoms with Gasteiger partial charge in [-0.25, -0.2) is 0 Å². The first-order valence-electron chi connectivity index (χ1n) is 4.81. The molecule has 0 amide bonds. The van der Waals surface area contributed by atoms with Gasteiger partial charge in [-0.15, -0.1) is 0 Å². The molecule has 0 aliphatic carbocycles. The lowest BCUT2D eigenvalue weighted by Gasteiger charge is -2.17. The van der Waals surface area contributed by atoms with Gasteiger partial charge in [0.1, 0.15) is 0 Å². The Labute approximate surface area is 86.0 Å². The minimum atomic E-state index is 0.569. The van der Waals surface area contributed by atoms with Crippen molar-refractivity contribution in [2.45, 2.75) is 6.54 Å². The van der Waals surface area contributed by atoms with E-state index in [0.717, 1.165) is 18.7 Å². The predicted molar refractivity (Wildman–Crippen MR) is 61.0 cm³/mol. The van der Waals surface area contributed by atoms with Gasteiger partial charge < -0.3 is 5.73 Å². The molecule has 0 radical (unpaired) electrons. The van der Waals surface area contributed by atoms with Crippen LogP contribution in [0.1, 0.15) is 5.56 Å². The van der Waals surface area contributed by atoms with Gasteiger partial charge in [0.05, 0.1) is 0 Å². The van der Waals surface area contributed by atoms with Gasteiger partial charge in [-0.2, -0.15) is 0 Å². The highest BCUT2D eigenvalue weighted by Crippen LogP contribution is 2.03. The van der Waals surface area contributed by atoms with Crippen molar-refractivity contribution in [2.75, 3.05) is 20.1 Å². The van der Waals surface area contributed by atoms with E-state index >= 15 is 0 Å². The van der Waals surface area contributed by atoms with Crippen molar-refractivity contribution in [1.82, 2.24) is 4.90 Å². The molecule has 14 heavy (non-hydrogen) atoms. The van der Waals surface area contributed by atoms with E-state index in [9.17, 15) is 0 Å². The molecular formula is C12H18N2. The molecule has 2 heteroatoms. The standard InChI is InChI=1S/C12H18N2/c1-11(8-13)9-14(2)10-12-6-4-3-5-7-12/h3-7H,1,8-10,13H2,2H3. The van der Waals surface area contributed by atoms with E-state index in [1.165, 1.54) is 5.56 Å². The average Bonchev–Trinajstić information content (AvgIpc) is 2.19. The molecule has 0 saturated heterocycles. The van der Waals surface area contributed by atoms with E-state index in [2.05, 4.69) is 42.8 Å². The van der Waals surface area contributed by atoms with Crippen molar-refractivity contribution >= 4 is 0 Å². The van der Waals surface area contributed by atoms with Crippen molar-refractivity contribution < 1.29 is 0 Å². The van der Waals surface area contributed by atoms with E-state index < -0.39 is 0 Å². The maximum atomic E-state index is 5.49. The first kappa shape index (κ1) is 11.0. The van der Waals surface area contributed by atoms with Gasteiger partial charge in [-0.05, 0) is 18.2 Å². The molecule has 76 valence electrons. The Kier molecular flexibility index (Phi) is 4.36. The monoisotopic (exact) mass is 190 g/mol. The third kappa shape index (κ3) is 3.73. The summed E-state index contributed by atoms with van der Waals surface area (Å²) in [6, 6.07) is 10.4. The van der Waals surface area contributed by atoms with Crippen LogP contribution >= 0.6 is 0 Å². The smallest absolute Gasteiger partial charge is 0.0234 e. The van der Waals surface area contributed by atoms with Crippen molar-refractivity contribution in [3.8, 4) is 0 Å². The number of hydrogen-bond donors (Lipinski definition) is 1. The molecule has 0 atom stereocenters. The third-order valence-corrected chi connectivity index (χ3v) is 2.08. The average molecular weight is 190 g/mol. The zero-order valence-corrected chi connectivity index (χ0v) is 8.74. The first-order valence-corrected chi connectivity index (χ1v) is 4.81. The summed E-state index contributed by atoms with van der Waals surface area (Å²) in [6.45, 7) is 6.27. The second kappa shape index (κ2) is 5.58. The maximum Gasteiger partial charge on any atom is 0.0234 e. The van der Waals surface area contributed by atoms with E-state index in [-0.39, 0.29) is 0 Å². The van der Waals surface area contributed by atoms with Crippen LogP contribution in [0.5, 0.6) is 0 Å². The molecule has 2 N–H and O–H groups in total. The van der Waals surface area contributed by atoms with Gasteiger partial charge in [-0.1, -0.05) is 36.9 Å². The first-order chi connectivity index (χ1) is 6.72. The van der Waals surface area contributed by atoms with Gasteiger partial charge >= 0.3 is 0 Å². The summed E-state index contributed by atoms with van der Waals surface area (Å²) >= 11 is 0. The predicted octanol–water partition coefficient (Wildman–Crippen LogP) is 1.63. The molecule has 0 aliphatic heterocycles. The molecule has 0 spiro atoms. The number of benzene rings is 1. The number of rotatable bonds is 5. The lowest BCUT2D eigenvalue weighted by molar-refractivity contribution is 0.354. The van der Waals surface area contributed by atoms with Crippen molar-refractivity contribution in [3.05, 3.63) is 48.0 Å². The van der Waals surface area contributed by atoms with Gasteiger partial charge in [0.15, 0.2) is 0 Å². The van der Waals surface area contributed by atoms with E-state index in [0.29, 0.717) is 6.54 Å². The molecule has 0 aliphatic rings. The number of hydrogen-bond acceptors (Lipinski definition) is 2. The number of likely N-dealkylation sites (N-methyl/N-ethyl adjacent to an activating group) is 1. The van der Waals surface area contributed by atoms with E-state index in [1.807, 2.05) is 6.07 Å². The minimum Gasteiger partial charge on any atom is -0.327 e. The van der Waals surface area contributed by atoms with Crippen LogP contribution in [0.3, 0.4) is 0 Å². The summed E-state index contributed by atoms with van der Waals surface area (Å²) < 4.78 is 0. The fourth-order valence-electron chi connectivity index (χ4n) is 1.40. The van der Waals surface area contributed by atoms with Crippen molar-refractivity contribution in [1.29, 1.82) is 0 Å². The van der Waals surface area contributed by atoms with Crippen LogP contribution in [-0.4, -0.2) is 25.0 Å². The largest absolute Gasteiger partial charge is 0.327 e. The van der Waals surface area contributed by atoms with Crippen LogP contribution in [0.4, 0.5) is 0 Å². The molecule has 1 aromatic carbocycles. The van der Waals surface area contributed by atoms with Crippen LogP contribution in [0, 0.1) is 0 Å². The highest BCUT2D eigenvalue weighted by molar-refractivity contribution is 5.14. The third-order valence-electron chi connectivity index (χ3n) is 2.08. The van der Waals surface area contributed by atoms with E-state index in [1.54, 1.807) is 0 Å². The molecule has 2 nitrogen and oxygen atoms in total. The summed E-state index contributed by atoms with van der Waals surface area (Å²) in [5, 5.41) is 0. The van der Waals surface area contributed by atoms with Crippen molar-refractivity contribution in [2.24, 2.45) is 5.73 Å². The Morgan fingerprint density at radius 1 is 1.36 bits per heavy atom. The maximum absolute atomic E-state index is 5.49. The topological polar surface area (TPSA) is 29.3 Å². The van der Waals surface area contributed by atoms with Crippen LogP contribution in [0.2, 0.25) is 0 Å². The van der Waals surface area contributed by atoms with Gasteiger partial charge in [0.2, 0.25) is 0 Å². The highest BCUT2D eigenvalue weighted by atomic mass is 15.1. The molecule has 0 unspecified atom stereocenters. The van der Waals surface area contributed by atoms with Gasteiger partial charge in [-0.3, -0.25) is 4.90 Å². The number of nitrogens with zero attached hydrogens (tertiary/aromatic N) is 1. The second-order valence-electron chi connectivity index (χ2n) is 3.61. The van der Waals surface area contributed by atoms with Gasteiger partial charge in [0, 0.05) is 19.6 Å². The summed E-state index contributed by atoms with van der Waals surface area (Å²) in [5.74, 6) is 0. The van der Waals surface area contributed by atoms with Crippen LogP contribution in [0.15, 0.2) is 42.5 Å².